The van der Waals surface area contributed by atoms with Crippen molar-refractivity contribution in [2.24, 2.45) is 29.1 Å². The Kier molecular flexibility index (Phi) is 3.14. The van der Waals surface area contributed by atoms with Crippen LogP contribution in [0, 0.1) is 29.1 Å². The fourth-order valence-electron chi connectivity index (χ4n) is 4.10. The van der Waals surface area contributed by atoms with Gasteiger partial charge in [0.25, 0.3) is 0 Å². The van der Waals surface area contributed by atoms with E-state index in [-0.39, 0.29) is 0 Å². The lowest BCUT2D eigenvalue weighted by Gasteiger charge is -2.38. The molecule has 0 bridgehead atoms. The standard InChI is InChI=1S/C15H28/c1-11-5-7-13(9-11)15(3,4)14-8-6-12(2)10-14/h11-14H,5-10H2,1-4H3/t11-,12?,13-,14-/m0/s1. The third-order valence-corrected chi connectivity index (χ3v) is 5.49. The topological polar surface area (TPSA) is 0 Å². The molecule has 0 amide bonds. The van der Waals surface area contributed by atoms with Gasteiger partial charge in [-0.3, -0.25) is 0 Å². The van der Waals surface area contributed by atoms with Crippen molar-refractivity contribution in [2.75, 3.05) is 0 Å². The number of hydrogen-bond donors (Lipinski definition) is 0. The highest BCUT2D eigenvalue weighted by Gasteiger charge is 2.42. The predicted molar refractivity (Wildman–Crippen MR) is 66.8 cm³/mol. The average molecular weight is 208 g/mol. The van der Waals surface area contributed by atoms with Crippen molar-refractivity contribution in [1.29, 1.82) is 0 Å². The summed E-state index contributed by atoms with van der Waals surface area (Å²) < 4.78 is 0. The maximum atomic E-state index is 2.55. The first-order valence-corrected chi connectivity index (χ1v) is 7.00. The van der Waals surface area contributed by atoms with E-state index < -0.39 is 0 Å². The van der Waals surface area contributed by atoms with Crippen molar-refractivity contribution in [3.8, 4) is 0 Å². The summed E-state index contributed by atoms with van der Waals surface area (Å²) in [6.45, 7) is 9.98. The van der Waals surface area contributed by atoms with Gasteiger partial charge >= 0.3 is 0 Å². The van der Waals surface area contributed by atoms with Gasteiger partial charge in [-0.2, -0.15) is 0 Å². The molecule has 0 aromatic carbocycles. The van der Waals surface area contributed by atoms with E-state index in [1.807, 2.05) is 0 Å². The first-order chi connectivity index (χ1) is 7.00. The Balaban J connectivity index is 1.99. The van der Waals surface area contributed by atoms with Crippen LogP contribution in [0.1, 0.15) is 66.2 Å². The maximum absolute atomic E-state index is 2.55. The zero-order valence-corrected chi connectivity index (χ0v) is 11.1. The maximum Gasteiger partial charge on any atom is -0.0297 e. The zero-order valence-electron chi connectivity index (χ0n) is 11.1. The summed E-state index contributed by atoms with van der Waals surface area (Å²) in [5, 5.41) is 0. The van der Waals surface area contributed by atoms with Gasteiger partial charge in [0.2, 0.25) is 0 Å². The molecule has 4 atom stereocenters. The molecule has 2 aliphatic rings. The van der Waals surface area contributed by atoms with Gasteiger partial charge in [-0.05, 0) is 54.8 Å². The van der Waals surface area contributed by atoms with Crippen LogP contribution in [-0.4, -0.2) is 0 Å². The van der Waals surface area contributed by atoms with Crippen LogP contribution >= 0.6 is 0 Å². The highest BCUT2D eigenvalue weighted by Crippen LogP contribution is 2.52. The SMILES string of the molecule is CC1CC[C@H](C(C)(C)[C@H]2CC[C@H](C)C2)C1. The van der Waals surface area contributed by atoms with E-state index >= 15 is 0 Å². The van der Waals surface area contributed by atoms with Crippen molar-refractivity contribution in [1.82, 2.24) is 0 Å². The number of hydrogen-bond acceptors (Lipinski definition) is 0. The van der Waals surface area contributed by atoms with Crippen LogP contribution in [0.25, 0.3) is 0 Å². The van der Waals surface area contributed by atoms with Crippen molar-refractivity contribution >= 4 is 0 Å². The third kappa shape index (κ3) is 2.24. The van der Waals surface area contributed by atoms with E-state index in [2.05, 4.69) is 27.7 Å². The Labute approximate surface area is 95.8 Å². The lowest BCUT2D eigenvalue weighted by atomic mass is 9.67. The Morgan fingerprint density at radius 2 is 1.13 bits per heavy atom. The summed E-state index contributed by atoms with van der Waals surface area (Å²) >= 11 is 0. The van der Waals surface area contributed by atoms with Gasteiger partial charge < -0.3 is 0 Å². The minimum absolute atomic E-state index is 0.621. The van der Waals surface area contributed by atoms with E-state index in [0.29, 0.717) is 5.41 Å². The highest BCUT2D eigenvalue weighted by atomic mass is 14.5. The predicted octanol–water partition coefficient (Wildman–Crippen LogP) is 4.89. The molecule has 2 saturated carbocycles. The molecular weight excluding hydrogens is 180 g/mol. The second-order valence-electron chi connectivity index (χ2n) is 7.05. The minimum atomic E-state index is 0.621. The fraction of sp³-hybridized carbons (Fsp3) is 1.00. The quantitative estimate of drug-likeness (QED) is 0.606. The first-order valence-electron chi connectivity index (χ1n) is 7.00. The highest BCUT2D eigenvalue weighted by molar-refractivity contribution is 4.92. The molecule has 0 heterocycles. The minimum Gasteiger partial charge on any atom is -0.0625 e. The molecule has 0 spiro atoms. The molecule has 0 aromatic heterocycles. The van der Waals surface area contributed by atoms with Gasteiger partial charge in [0, 0.05) is 0 Å². The molecule has 2 fully saturated rings. The summed E-state index contributed by atoms with van der Waals surface area (Å²) in [7, 11) is 0. The molecule has 2 aliphatic carbocycles. The molecule has 0 saturated heterocycles. The Morgan fingerprint density at radius 1 is 0.733 bits per heavy atom. The fourth-order valence-corrected chi connectivity index (χ4v) is 4.10. The van der Waals surface area contributed by atoms with Crippen LogP contribution in [0.4, 0.5) is 0 Å². The molecule has 0 aliphatic heterocycles. The van der Waals surface area contributed by atoms with E-state index in [1.165, 1.54) is 38.5 Å². The smallest absolute Gasteiger partial charge is 0.0297 e. The summed E-state index contributed by atoms with van der Waals surface area (Å²) in [6, 6.07) is 0. The molecule has 0 N–H and O–H groups in total. The van der Waals surface area contributed by atoms with E-state index in [4.69, 9.17) is 0 Å². The second kappa shape index (κ2) is 4.11. The summed E-state index contributed by atoms with van der Waals surface area (Å²) in [6.07, 6.45) is 8.96. The van der Waals surface area contributed by atoms with Crippen molar-refractivity contribution in [3.63, 3.8) is 0 Å². The van der Waals surface area contributed by atoms with E-state index in [1.54, 1.807) is 0 Å². The monoisotopic (exact) mass is 208 g/mol. The van der Waals surface area contributed by atoms with Crippen molar-refractivity contribution in [2.45, 2.75) is 66.2 Å². The van der Waals surface area contributed by atoms with Crippen LogP contribution in [-0.2, 0) is 0 Å². The largest absolute Gasteiger partial charge is 0.0625 e. The number of rotatable bonds is 2. The van der Waals surface area contributed by atoms with Gasteiger partial charge in [0.05, 0.1) is 0 Å². The van der Waals surface area contributed by atoms with Crippen LogP contribution in [0.15, 0.2) is 0 Å². The van der Waals surface area contributed by atoms with Crippen molar-refractivity contribution < 1.29 is 0 Å². The lowest BCUT2D eigenvalue weighted by molar-refractivity contribution is 0.115. The van der Waals surface area contributed by atoms with E-state index in [9.17, 15) is 0 Å². The van der Waals surface area contributed by atoms with Crippen LogP contribution < -0.4 is 0 Å². The van der Waals surface area contributed by atoms with Gasteiger partial charge in [-0.25, -0.2) is 0 Å². The van der Waals surface area contributed by atoms with Crippen molar-refractivity contribution in [3.05, 3.63) is 0 Å². The molecular formula is C15H28. The van der Waals surface area contributed by atoms with Crippen LogP contribution in [0.3, 0.4) is 0 Å². The molecule has 1 unspecified atom stereocenters. The molecule has 88 valence electrons. The molecule has 0 nitrogen and oxygen atoms in total. The summed E-state index contributed by atoms with van der Waals surface area (Å²) in [4.78, 5) is 0. The Bertz CT molecular complexity index is 194. The molecule has 15 heavy (non-hydrogen) atoms. The lowest BCUT2D eigenvalue weighted by Crippen LogP contribution is -2.30. The van der Waals surface area contributed by atoms with E-state index in [0.717, 1.165) is 23.7 Å². The molecule has 0 aromatic rings. The second-order valence-corrected chi connectivity index (χ2v) is 7.05. The molecule has 0 radical (unpaired) electrons. The third-order valence-electron chi connectivity index (χ3n) is 5.49. The normalized spacial score (nSPS) is 42.4. The zero-order chi connectivity index (χ0) is 11.1. The molecule has 2 rings (SSSR count). The average Bonchev–Trinajstić information content (AvgIpc) is 2.74. The van der Waals surface area contributed by atoms with Gasteiger partial charge in [-0.15, -0.1) is 0 Å². The summed E-state index contributed by atoms with van der Waals surface area (Å²) in [5.41, 5.74) is 0.621. The summed E-state index contributed by atoms with van der Waals surface area (Å²) in [5.74, 6) is 4.02. The Hall–Kier alpha value is 0. The van der Waals surface area contributed by atoms with Crippen LogP contribution in [0.5, 0.6) is 0 Å². The van der Waals surface area contributed by atoms with Gasteiger partial charge in [-0.1, -0.05) is 40.5 Å². The van der Waals surface area contributed by atoms with Gasteiger partial charge in [0.1, 0.15) is 0 Å². The van der Waals surface area contributed by atoms with Gasteiger partial charge in [0.15, 0.2) is 0 Å². The Morgan fingerprint density at radius 3 is 1.40 bits per heavy atom. The molecule has 0 heteroatoms. The first kappa shape index (κ1) is 11.5. The van der Waals surface area contributed by atoms with Crippen LogP contribution in [0.2, 0.25) is 0 Å².